The summed E-state index contributed by atoms with van der Waals surface area (Å²) in [6.45, 7) is 1.71. The van der Waals surface area contributed by atoms with E-state index in [0.717, 1.165) is 30.6 Å². The van der Waals surface area contributed by atoms with Crippen LogP contribution in [0.25, 0.3) is 0 Å². The van der Waals surface area contributed by atoms with Gasteiger partial charge in [-0.25, -0.2) is 0 Å². The Morgan fingerprint density at radius 1 is 1.56 bits per heavy atom. The van der Waals surface area contributed by atoms with Crippen molar-refractivity contribution in [2.75, 3.05) is 25.5 Å². The van der Waals surface area contributed by atoms with Crippen LogP contribution in [-0.2, 0) is 0 Å². The van der Waals surface area contributed by atoms with Crippen molar-refractivity contribution in [2.45, 2.75) is 12.8 Å². The molecule has 0 bridgehead atoms. The molecule has 1 aromatic carbocycles. The third-order valence-electron chi connectivity index (χ3n) is 3.34. The van der Waals surface area contributed by atoms with Crippen molar-refractivity contribution < 1.29 is 9.53 Å². The SMILES string of the molecule is COc1cccc(C(=O)N2CCCC(CBr)C2)c1. The largest absolute Gasteiger partial charge is 0.497 e. The van der Waals surface area contributed by atoms with E-state index in [9.17, 15) is 4.79 Å². The molecule has 1 saturated heterocycles. The van der Waals surface area contributed by atoms with Gasteiger partial charge in [0, 0.05) is 24.0 Å². The molecule has 4 heteroatoms. The van der Waals surface area contributed by atoms with Gasteiger partial charge in [-0.05, 0) is 37.0 Å². The number of halogens is 1. The number of carbonyl (C=O) groups is 1. The lowest BCUT2D eigenvalue weighted by molar-refractivity contribution is 0.0685. The highest BCUT2D eigenvalue weighted by molar-refractivity contribution is 9.09. The number of piperidine rings is 1. The van der Waals surface area contributed by atoms with Crippen LogP contribution in [0.15, 0.2) is 24.3 Å². The van der Waals surface area contributed by atoms with Crippen LogP contribution in [0.3, 0.4) is 0 Å². The monoisotopic (exact) mass is 311 g/mol. The molecule has 1 fully saturated rings. The summed E-state index contributed by atoms with van der Waals surface area (Å²) in [7, 11) is 1.62. The van der Waals surface area contributed by atoms with E-state index in [4.69, 9.17) is 4.74 Å². The van der Waals surface area contributed by atoms with Gasteiger partial charge >= 0.3 is 0 Å². The quantitative estimate of drug-likeness (QED) is 0.803. The van der Waals surface area contributed by atoms with Crippen LogP contribution in [-0.4, -0.2) is 36.3 Å². The van der Waals surface area contributed by atoms with Crippen molar-refractivity contribution in [3.8, 4) is 5.75 Å². The van der Waals surface area contributed by atoms with E-state index in [1.165, 1.54) is 6.42 Å². The lowest BCUT2D eigenvalue weighted by atomic mass is 9.99. The average molecular weight is 312 g/mol. The summed E-state index contributed by atoms with van der Waals surface area (Å²) in [6, 6.07) is 7.37. The Kier molecular flexibility index (Phi) is 4.64. The highest BCUT2D eigenvalue weighted by Crippen LogP contribution is 2.21. The predicted octanol–water partition coefficient (Wildman–Crippen LogP) is 2.94. The van der Waals surface area contributed by atoms with Crippen molar-refractivity contribution in [1.29, 1.82) is 0 Å². The first kappa shape index (κ1) is 13.4. The predicted molar refractivity (Wildman–Crippen MR) is 75.4 cm³/mol. The first-order valence-electron chi connectivity index (χ1n) is 6.24. The highest BCUT2D eigenvalue weighted by atomic mass is 79.9. The summed E-state index contributed by atoms with van der Waals surface area (Å²) < 4.78 is 5.16. The fraction of sp³-hybridized carbons (Fsp3) is 0.500. The normalized spacial score (nSPS) is 19.7. The van der Waals surface area contributed by atoms with Gasteiger partial charge < -0.3 is 9.64 Å². The Morgan fingerprint density at radius 2 is 2.39 bits per heavy atom. The first-order valence-corrected chi connectivity index (χ1v) is 7.36. The van der Waals surface area contributed by atoms with Gasteiger partial charge in [-0.2, -0.15) is 0 Å². The molecule has 3 nitrogen and oxygen atoms in total. The van der Waals surface area contributed by atoms with Crippen molar-refractivity contribution in [1.82, 2.24) is 4.90 Å². The summed E-state index contributed by atoms with van der Waals surface area (Å²) in [5.41, 5.74) is 0.713. The summed E-state index contributed by atoms with van der Waals surface area (Å²) in [6.07, 6.45) is 2.29. The highest BCUT2D eigenvalue weighted by Gasteiger charge is 2.23. The van der Waals surface area contributed by atoms with Crippen LogP contribution >= 0.6 is 15.9 Å². The second kappa shape index (κ2) is 6.23. The molecule has 1 atom stereocenters. The zero-order valence-corrected chi connectivity index (χ0v) is 12.1. The molecule has 0 aromatic heterocycles. The first-order chi connectivity index (χ1) is 8.74. The zero-order valence-electron chi connectivity index (χ0n) is 10.6. The number of amides is 1. The molecule has 18 heavy (non-hydrogen) atoms. The molecular weight excluding hydrogens is 294 g/mol. The molecule has 1 unspecified atom stereocenters. The molecule has 1 aliphatic heterocycles. The number of hydrogen-bond acceptors (Lipinski definition) is 2. The van der Waals surface area contributed by atoms with E-state index < -0.39 is 0 Å². The van der Waals surface area contributed by atoms with Crippen LogP contribution in [0.5, 0.6) is 5.75 Å². The summed E-state index contributed by atoms with van der Waals surface area (Å²) in [5, 5.41) is 0.967. The lowest BCUT2D eigenvalue weighted by Gasteiger charge is -2.32. The van der Waals surface area contributed by atoms with Gasteiger partial charge in [-0.3, -0.25) is 4.79 Å². The van der Waals surface area contributed by atoms with E-state index in [1.54, 1.807) is 13.2 Å². The number of nitrogens with zero attached hydrogens (tertiary/aromatic N) is 1. The fourth-order valence-electron chi connectivity index (χ4n) is 2.31. The molecule has 1 amide bonds. The van der Waals surface area contributed by atoms with Gasteiger partial charge in [0.2, 0.25) is 0 Å². The lowest BCUT2D eigenvalue weighted by Crippen LogP contribution is -2.40. The Labute approximate surface area is 116 Å². The number of benzene rings is 1. The van der Waals surface area contributed by atoms with E-state index in [-0.39, 0.29) is 5.91 Å². The number of likely N-dealkylation sites (tertiary alicyclic amines) is 1. The van der Waals surface area contributed by atoms with Crippen LogP contribution in [0.4, 0.5) is 0 Å². The number of alkyl halides is 1. The van der Waals surface area contributed by atoms with Crippen molar-refractivity contribution in [3.05, 3.63) is 29.8 Å². The molecule has 0 saturated carbocycles. The number of hydrogen-bond donors (Lipinski definition) is 0. The van der Waals surface area contributed by atoms with Gasteiger partial charge in [0.05, 0.1) is 7.11 Å². The molecule has 0 aliphatic carbocycles. The maximum atomic E-state index is 12.4. The van der Waals surface area contributed by atoms with Crippen molar-refractivity contribution >= 4 is 21.8 Å². The van der Waals surface area contributed by atoms with Crippen LogP contribution < -0.4 is 4.74 Å². The van der Waals surface area contributed by atoms with Crippen LogP contribution in [0.2, 0.25) is 0 Å². The second-order valence-electron chi connectivity index (χ2n) is 4.65. The van der Waals surface area contributed by atoms with Gasteiger partial charge in [0.15, 0.2) is 0 Å². The standard InChI is InChI=1S/C14H18BrNO2/c1-18-13-6-2-5-12(8-13)14(17)16-7-3-4-11(9-15)10-16/h2,5-6,8,11H,3-4,7,9-10H2,1H3. The molecule has 1 aromatic rings. The molecular formula is C14H18BrNO2. The van der Waals surface area contributed by atoms with Crippen molar-refractivity contribution in [2.24, 2.45) is 5.92 Å². The van der Waals surface area contributed by atoms with Crippen LogP contribution in [0.1, 0.15) is 23.2 Å². The summed E-state index contributed by atoms with van der Waals surface area (Å²) in [5.74, 6) is 1.42. The smallest absolute Gasteiger partial charge is 0.253 e. The molecule has 1 heterocycles. The Morgan fingerprint density at radius 3 is 3.11 bits per heavy atom. The Balaban J connectivity index is 2.10. The molecule has 0 spiro atoms. The van der Waals surface area contributed by atoms with E-state index in [0.29, 0.717) is 11.5 Å². The molecule has 0 radical (unpaired) electrons. The van der Waals surface area contributed by atoms with Crippen molar-refractivity contribution in [3.63, 3.8) is 0 Å². The molecule has 98 valence electrons. The molecule has 1 aliphatic rings. The minimum Gasteiger partial charge on any atom is -0.497 e. The van der Waals surface area contributed by atoms with E-state index in [1.807, 2.05) is 23.1 Å². The fourth-order valence-corrected chi connectivity index (χ4v) is 2.84. The Hall–Kier alpha value is -1.03. The third kappa shape index (κ3) is 3.05. The van der Waals surface area contributed by atoms with Gasteiger partial charge in [0.25, 0.3) is 5.91 Å². The maximum Gasteiger partial charge on any atom is 0.253 e. The topological polar surface area (TPSA) is 29.5 Å². The summed E-state index contributed by atoms with van der Waals surface area (Å²) in [4.78, 5) is 14.3. The maximum absolute atomic E-state index is 12.4. The van der Waals surface area contributed by atoms with E-state index >= 15 is 0 Å². The Bertz CT molecular complexity index is 422. The number of rotatable bonds is 3. The number of ether oxygens (including phenoxy) is 1. The van der Waals surface area contributed by atoms with E-state index in [2.05, 4.69) is 15.9 Å². The summed E-state index contributed by atoms with van der Waals surface area (Å²) >= 11 is 3.51. The van der Waals surface area contributed by atoms with Crippen LogP contribution in [0, 0.1) is 5.92 Å². The minimum atomic E-state index is 0.111. The molecule has 2 rings (SSSR count). The third-order valence-corrected chi connectivity index (χ3v) is 4.26. The van der Waals surface area contributed by atoms with Gasteiger partial charge in [-0.15, -0.1) is 0 Å². The molecule has 0 N–H and O–H groups in total. The van der Waals surface area contributed by atoms with Gasteiger partial charge in [-0.1, -0.05) is 22.0 Å². The zero-order chi connectivity index (χ0) is 13.0. The average Bonchev–Trinajstić information content (AvgIpc) is 2.46. The number of methoxy groups -OCH3 is 1. The minimum absolute atomic E-state index is 0.111. The second-order valence-corrected chi connectivity index (χ2v) is 5.29. The number of carbonyl (C=O) groups excluding carboxylic acids is 1. The van der Waals surface area contributed by atoms with Gasteiger partial charge in [0.1, 0.15) is 5.75 Å².